The lowest BCUT2D eigenvalue weighted by molar-refractivity contribution is 0.310. The third-order valence-electron chi connectivity index (χ3n) is 5.85. The van der Waals surface area contributed by atoms with E-state index in [4.69, 9.17) is 27.9 Å². The third-order valence-corrected chi connectivity index (χ3v) is 6.55. The maximum absolute atomic E-state index is 13.7. The van der Waals surface area contributed by atoms with Crippen molar-refractivity contribution < 1.29 is 4.74 Å². The van der Waals surface area contributed by atoms with Crippen LogP contribution in [-0.4, -0.2) is 4.57 Å². The van der Waals surface area contributed by atoms with Crippen LogP contribution in [-0.2, 0) is 19.6 Å². The van der Waals surface area contributed by atoms with Crippen LogP contribution < -0.4 is 10.3 Å². The van der Waals surface area contributed by atoms with Crippen LogP contribution in [0.1, 0.15) is 23.1 Å². The highest BCUT2D eigenvalue weighted by atomic mass is 35.5. The molecule has 1 aliphatic heterocycles. The van der Waals surface area contributed by atoms with Crippen LogP contribution in [0.3, 0.4) is 0 Å². The van der Waals surface area contributed by atoms with Crippen molar-refractivity contribution in [2.75, 3.05) is 0 Å². The predicted octanol–water partition coefficient (Wildman–Crippen LogP) is 6.81. The topological polar surface area (TPSA) is 31.2 Å². The number of hydrogen-bond acceptors (Lipinski definition) is 2. The second kappa shape index (κ2) is 8.07. The highest BCUT2D eigenvalue weighted by molar-refractivity contribution is 6.35. The molecule has 0 radical (unpaired) electrons. The lowest BCUT2D eigenvalue weighted by Gasteiger charge is -2.24. The molecule has 0 fully saturated rings. The zero-order chi connectivity index (χ0) is 21.5. The number of hydrogen-bond donors (Lipinski definition) is 0. The standard InChI is InChI=1S/C26H21Cl2NO2/c1-16-13-18-9-6-12-29-24(18)19(14-16)25(23(26(29)30)17-7-3-2-4-8-17)31-15-20-21(27)10-5-11-22(20)28/h2-5,7-8,10-11,13-14H,6,9,12,15H2,1H3. The predicted molar refractivity (Wildman–Crippen MR) is 127 cm³/mol. The van der Waals surface area contributed by atoms with E-state index in [0.717, 1.165) is 34.9 Å². The van der Waals surface area contributed by atoms with Crippen LogP contribution in [0.2, 0.25) is 10.0 Å². The minimum absolute atomic E-state index is 0.0243. The Balaban J connectivity index is 1.78. The summed E-state index contributed by atoms with van der Waals surface area (Å²) in [7, 11) is 0. The van der Waals surface area contributed by atoms with Gasteiger partial charge in [0.1, 0.15) is 12.4 Å². The summed E-state index contributed by atoms with van der Waals surface area (Å²) in [5.74, 6) is 0.588. The van der Waals surface area contributed by atoms with Crippen molar-refractivity contribution in [2.45, 2.75) is 32.9 Å². The number of halogens is 2. The molecule has 0 aliphatic carbocycles. The Kier molecular flexibility index (Phi) is 5.25. The van der Waals surface area contributed by atoms with E-state index in [2.05, 4.69) is 19.1 Å². The maximum Gasteiger partial charge on any atom is 0.262 e. The molecule has 3 nitrogen and oxygen atoms in total. The molecule has 0 saturated heterocycles. The fourth-order valence-corrected chi connectivity index (χ4v) is 4.98. The van der Waals surface area contributed by atoms with Crippen LogP contribution in [0.15, 0.2) is 65.5 Å². The third kappa shape index (κ3) is 3.52. The van der Waals surface area contributed by atoms with Crippen molar-refractivity contribution in [1.82, 2.24) is 4.57 Å². The van der Waals surface area contributed by atoms with Gasteiger partial charge in [0.05, 0.1) is 11.1 Å². The van der Waals surface area contributed by atoms with Crippen LogP contribution in [0.25, 0.3) is 22.0 Å². The second-order valence-electron chi connectivity index (χ2n) is 7.94. The van der Waals surface area contributed by atoms with Crippen molar-refractivity contribution in [3.8, 4) is 16.9 Å². The van der Waals surface area contributed by atoms with Gasteiger partial charge in [-0.25, -0.2) is 0 Å². The summed E-state index contributed by atoms with van der Waals surface area (Å²) in [5.41, 5.74) is 5.42. The molecule has 0 amide bonds. The van der Waals surface area contributed by atoms with Crippen molar-refractivity contribution in [3.63, 3.8) is 0 Å². The fourth-order valence-electron chi connectivity index (χ4n) is 4.47. The molecule has 0 bridgehead atoms. The minimum Gasteiger partial charge on any atom is -0.487 e. The number of aromatic nitrogens is 1. The lowest BCUT2D eigenvalue weighted by atomic mass is 9.95. The Bertz CT molecular complexity index is 1340. The van der Waals surface area contributed by atoms with E-state index in [0.29, 0.717) is 33.5 Å². The summed E-state index contributed by atoms with van der Waals surface area (Å²) in [4.78, 5) is 13.7. The summed E-state index contributed by atoms with van der Waals surface area (Å²) in [5, 5.41) is 2.05. The summed E-state index contributed by atoms with van der Waals surface area (Å²) in [6, 6.07) is 19.4. The van der Waals surface area contributed by atoms with E-state index < -0.39 is 0 Å². The van der Waals surface area contributed by atoms with Crippen molar-refractivity contribution in [1.29, 1.82) is 0 Å². The van der Waals surface area contributed by atoms with Gasteiger partial charge in [-0.3, -0.25) is 4.79 Å². The van der Waals surface area contributed by atoms with Crippen LogP contribution in [0, 0.1) is 6.92 Å². The van der Waals surface area contributed by atoms with Gasteiger partial charge in [-0.15, -0.1) is 0 Å². The molecule has 5 rings (SSSR count). The molecule has 0 atom stereocenters. The van der Waals surface area contributed by atoms with Gasteiger partial charge in [0, 0.05) is 27.5 Å². The monoisotopic (exact) mass is 449 g/mol. The normalized spacial score (nSPS) is 12.9. The smallest absolute Gasteiger partial charge is 0.262 e. The van der Waals surface area contributed by atoms with Crippen molar-refractivity contribution >= 4 is 34.1 Å². The number of pyridine rings is 1. The number of nitrogens with zero attached hydrogens (tertiary/aromatic N) is 1. The molecule has 31 heavy (non-hydrogen) atoms. The molecule has 4 aromatic rings. The fraction of sp³-hybridized carbons (Fsp3) is 0.192. The van der Waals surface area contributed by atoms with E-state index in [1.807, 2.05) is 41.0 Å². The maximum atomic E-state index is 13.7. The van der Waals surface area contributed by atoms with E-state index in [-0.39, 0.29) is 12.2 Å². The molecule has 3 aromatic carbocycles. The summed E-state index contributed by atoms with van der Waals surface area (Å²) in [6.07, 6.45) is 1.91. The highest BCUT2D eigenvalue weighted by Gasteiger charge is 2.24. The molecule has 1 aliphatic rings. The van der Waals surface area contributed by atoms with Crippen molar-refractivity contribution in [3.05, 3.63) is 97.8 Å². The highest BCUT2D eigenvalue weighted by Crippen LogP contribution is 2.39. The van der Waals surface area contributed by atoms with Crippen LogP contribution >= 0.6 is 23.2 Å². The van der Waals surface area contributed by atoms with Gasteiger partial charge in [0.25, 0.3) is 5.56 Å². The molecule has 0 spiro atoms. The first-order valence-corrected chi connectivity index (χ1v) is 11.1. The zero-order valence-corrected chi connectivity index (χ0v) is 18.6. The van der Waals surface area contributed by atoms with Gasteiger partial charge in [0.15, 0.2) is 0 Å². The molecular weight excluding hydrogens is 429 g/mol. The first-order valence-electron chi connectivity index (χ1n) is 10.4. The van der Waals surface area contributed by atoms with Gasteiger partial charge in [0.2, 0.25) is 0 Å². The molecule has 0 N–H and O–H groups in total. The number of rotatable bonds is 4. The molecular formula is C26H21Cl2NO2. The zero-order valence-electron chi connectivity index (χ0n) is 17.1. The van der Waals surface area contributed by atoms with E-state index in [1.54, 1.807) is 12.1 Å². The Morgan fingerprint density at radius 2 is 1.74 bits per heavy atom. The largest absolute Gasteiger partial charge is 0.487 e. The van der Waals surface area contributed by atoms with E-state index in [1.165, 1.54) is 5.56 Å². The minimum atomic E-state index is -0.0243. The summed E-state index contributed by atoms with van der Waals surface area (Å²) in [6.45, 7) is 2.97. The number of aryl methyl sites for hydroxylation is 3. The molecule has 156 valence electrons. The number of benzene rings is 3. The Morgan fingerprint density at radius 1 is 1.00 bits per heavy atom. The van der Waals surface area contributed by atoms with Crippen LogP contribution in [0.5, 0.6) is 5.75 Å². The van der Waals surface area contributed by atoms with E-state index >= 15 is 0 Å². The Labute approximate surface area is 190 Å². The van der Waals surface area contributed by atoms with Gasteiger partial charge in [-0.2, -0.15) is 0 Å². The molecule has 2 heterocycles. The average Bonchev–Trinajstić information content (AvgIpc) is 2.76. The molecule has 1 aromatic heterocycles. The SMILES string of the molecule is Cc1cc2c3c(c1)c(OCc1c(Cl)cccc1Cl)c(-c1ccccc1)c(=O)n3CCC2. The van der Waals surface area contributed by atoms with Gasteiger partial charge >= 0.3 is 0 Å². The molecule has 0 saturated carbocycles. The van der Waals surface area contributed by atoms with Crippen LogP contribution in [0.4, 0.5) is 0 Å². The van der Waals surface area contributed by atoms with Gasteiger partial charge < -0.3 is 9.30 Å². The Hall–Kier alpha value is -2.75. The molecule has 0 unspecified atom stereocenters. The summed E-state index contributed by atoms with van der Waals surface area (Å²) >= 11 is 12.8. The number of ether oxygens (including phenoxy) is 1. The first-order chi connectivity index (χ1) is 15.0. The first kappa shape index (κ1) is 20.2. The van der Waals surface area contributed by atoms with Crippen molar-refractivity contribution in [2.24, 2.45) is 0 Å². The Morgan fingerprint density at radius 3 is 2.48 bits per heavy atom. The second-order valence-corrected chi connectivity index (χ2v) is 8.75. The quantitative estimate of drug-likeness (QED) is 0.342. The van der Waals surface area contributed by atoms with E-state index in [9.17, 15) is 4.79 Å². The molecule has 5 heteroatoms. The van der Waals surface area contributed by atoms with Gasteiger partial charge in [-0.1, -0.05) is 65.7 Å². The summed E-state index contributed by atoms with van der Waals surface area (Å²) < 4.78 is 8.29. The average molecular weight is 450 g/mol. The van der Waals surface area contributed by atoms with Gasteiger partial charge in [-0.05, 0) is 54.7 Å². The lowest BCUT2D eigenvalue weighted by Crippen LogP contribution is -2.27.